The summed E-state index contributed by atoms with van der Waals surface area (Å²) in [5.74, 6) is -0.830. The molecule has 102 valence electrons. The number of amides is 2. The molecular weight excluding hydrogens is 250 g/mol. The first kappa shape index (κ1) is 14.6. The van der Waals surface area contributed by atoms with Crippen molar-refractivity contribution < 1.29 is 14.5 Å². The maximum Gasteiger partial charge on any atom is 0.270 e. The number of benzene rings is 1. The molecule has 0 radical (unpaired) electrons. The molecule has 0 heterocycles. The van der Waals surface area contributed by atoms with E-state index in [0.717, 1.165) is 0 Å². The molecule has 0 spiro atoms. The van der Waals surface area contributed by atoms with E-state index in [1.165, 1.54) is 24.3 Å². The Labute approximate surface area is 110 Å². The smallest absolute Gasteiger partial charge is 0.270 e. The van der Waals surface area contributed by atoms with Crippen molar-refractivity contribution in [3.05, 3.63) is 39.9 Å². The summed E-state index contributed by atoms with van der Waals surface area (Å²) in [5.41, 5.74) is -0.0244. The van der Waals surface area contributed by atoms with E-state index in [9.17, 15) is 19.7 Å². The third kappa shape index (κ3) is 4.06. The van der Waals surface area contributed by atoms with Gasteiger partial charge in [0, 0.05) is 24.2 Å². The Morgan fingerprint density at radius 1 is 1.42 bits per heavy atom. The molecule has 0 aliphatic heterocycles. The van der Waals surface area contributed by atoms with E-state index >= 15 is 0 Å². The third-order valence-electron chi connectivity index (χ3n) is 2.41. The number of carbonyl (C=O) groups excluding carboxylic acids is 2. The molecule has 1 aromatic carbocycles. The van der Waals surface area contributed by atoms with Crippen LogP contribution in [0.5, 0.6) is 0 Å². The van der Waals surface area contributed by atoms with Gasteiger partial charge in [0.2, 0.25) is 5.91 Å². The number of nitro groups is 1. The molecule has 0 fully saturated rings. The number of rotatable bonds is 5. The monoisotopic (exact) mass is 265 g/mol. The number of nitro benzene ring substituents is 1. The van der Waals surface area contributed by atoms with Gasteiger partial charge in [-0.3, -0.25) is 19.7 Å². The molecule has 7 heteroatoms. The number of likely N-dealkylation sites (N-methyl/N-ethyl adjacent to an activating group) is 1. The van der Waals surface area contributed by atoms with E-state index in [1.54, 1.807) is 13.8 Å². The number of hydrogen-bond acceptors (Lipinski definition) is 4. The Balaban J connectivity index is 2.75. The third-order valence-corrected chi connectivity index (χ3v) is 2.41. The van der Waals surface area contributed by atoms with Gasteiger partial charge in [-0.25, -0.2) is 0 Å². The predicted molar refractivity (Wildman–Crippen MR) is 68.7 cm³/mol. The standard InChI is InChI=1S/C12H15N3O4/c1-3-13-11(16)8(2)14-12(17)9-5-4-6-10(7-9)15(18)19/h4-8H,3H2,1-2H3,(H,13,16)(H,14,17)/t8-/m1/s1. The minimum absolute atomic E-state index is 0.144. The van der Waals surface area contributed by atoms with E-state index in [4.69, 9.17) is 0 Å². The van der Waals surface area contributed by atoms with Crippen molar-refractivity contribution in [2.75, 3.05) is 6.54 Å². The van der Waals surface area contributed by atoms with Gasteiger partial charge in [-0.15, -0.1) is 0 Å². The lowest BCUT2D eigenvalue weighted by Crippen LogP contribution is -2.44. The minimum atomic E-state index is -0.702. The highest BCUT2D eigenvalue weighted by molar-refractivity contribution is 5.97. The van der Waals surface area contributed by atoms with Gasteiger partial charge in [0.1, 0.15) is 6.04 Å². The van der Waals surface area contributed by atoms with Crippen molar-refractivity contribution in [2.45, 2.75) is 19.9 Å². The molecule has 1 aromatic rings. The molecule has 0 saturated carbocycles. The van der Waals surface area contributed by atoms with Crippen LogP contribution in [-0.4, -0.2) is 29.3 Å². The van der Waals surface area contributed by atoms with Gasteiger partial charge in [-0.1, -0.05) is 6.07 Å². The lowest BCUT2D eigenvalue weighted by Gasteiger charge is -2.13. The SMILES string of the molecule is CCNC(=O)[C@@H](C)NC(=O)c1cccc([N+](=O)[O-])c1. The highest BCUT2D eigenvalue weighted by Crippen LogP contribution is 2.12. The van der Waals surface area contributed by atoms with E-state index in [0.29, 0.717) is 6.54 Å². The molecule has 0 bridgehead atoms. The van der Waals surface area contributed by atoms with E-state index in [-0.39, 0.29) is 17.2 Å². The van der Waals surface area contributed by atoms with Crippen LogP contribution in [-0.2, 0) is 4.79 Å². The predicted octanol–water partition coefficient (Wildman–Crippen LogP) is 0.849. The van der Waals surface area contributed by atoms with Gasteiger partial charge in [-0.2, -0.15) is 0 Å². The van der Waals surface area contributed by atoms with Crippen LogP contribution in [0.3, 0.4) is 0 Å². The number of non-ortho nitro benzene ring substituents is 1. The summed E-state index contributed by atoms with van der Waals surface area (Å²) in [6.45, 7) is 3.78. The topological polar surface area (TPSA) is 101 Å². The first-order valence-electron chi connectivity index (χ1n) is 5.78. The Bertz CT molecular complexity index is 502. The lowest BCUT2D eigenvalue weighted by atomic mass is 10.1. The van der Waals surface area contributed by atoms with Crippen LogP contribution in [0.2, 0.25) is 0 Å². The van der Waals surface area contributed by atoms with Crippen molar-refractivity contribution in [3.63, 3.8) is 0 Å². The second kappa shape index (κ2) is 6.48. The van der Waals surface area contributed by atoms with Gasteiger partial charge in [0.15, 0.2) is 0 Å². The molecule has 0 unspecified atom stereocenters. The Morgan fingerprint density at radius 2 is 2.11 bits per heavy atom. The fourth-order valence-electron chi connectivity index (χ4n) is 1.43. The van der Waals surface area contributed by atoms with Crippen molar-refractivity contribution in [1.82, 2.24) is 10.6 Å². The zero-order chi connectivity index (χ0) is 14.4. The van der Waals surface area contributed by atoms with Crippen molar-refractivity contribution in [2.24, 2.45) is 0 Å². The van der Waals surface area contributed by atoms with Crippen LogP contribution in [0.15, 0.2) is 24.3 Å². The Hall–Kier alpha value is -2.44. The highest BCUT2D eigenvalue weighted by atomic mass is 16.6. The zero-order valence-electron chi connectivity index (χ0n) is 10.7. The molecule has 0 saturated heterocycles. The molecule has 0 aliphatic carbocycles. The molecule has 1 atom stereocenters. The fourth-order valence-corrected chi connectivity index (χ4v) is 1.43. The number of nitrogens with zero attached hydrogens (tertiary/aromatic N) is 1. The Morgan fingerprint density at radius 3 is 2.68 bits per heavy atom. The second-order valence-electron chi connectivity index (χ2n) is 3.90. The van der Waals surface area contributed by atoms with Crippen LogP contribution in [0.1, 0.15) is 24.2 Å². The quantitative estimate of drug-likeness (QED) is 0.608. The molecule has 19 heavy (non-hydrogen) atoms. The molecule has 7 nitrogen and oxygen atoms in total. The Kier molecular flexibility index (Phi) is 4.99. The first-order valence-corrected chi connectivity index (χ1v) is 5.78. The summed E-state index contributed by atoms with van der Waals surface area (Å²) in [6.07, 6.45) is 0. The summed E-state index contributed by atoms with van der Waals surface area (Å²) in [7, 11) is 0. The van der Waals surface area contributed by atoms with Gasteiger partial charge in [-0.05, 0) is 19.9 Å². The summed E-state index contributed by atoms with van der Waals surface area (Å²) < 4.78 is 0. The summed E-state index contributed by atoms with van der Waals surface area (Å²) in [6, 6.07) is 4.63. The first-order chi connectivity index (χ1) is 8.95. The van der Waals surface area contributed by atoms with E-state index in [2.05, 4.69) is 10.6 Å². The average molecular weight is 265 g/mol. The van der Waals surface area contributed by atoms with Crippen LogP contribution >= 0.6 is 0 Å². The second-order valence-corrected chi connectivity index (χ2v) is 3.90. The summed E-state index contributed by atoms with van der Waals surface area (Å²) in [4.78, 5) is 33.3. The van der Waals surface area contributed by atoms with Crippen molar-refractivity contribution in [1.29, 1.82) is 0 Å². The molecule has 2 N–H and O–H groups in total. The van der Waals surface area contributed by atoms with Gasteiger partial charge in [0.25, 0.3) is 11.6 Å². The van der Waals surface area contributed by atoms with E-state index < -0.39 is 16.9 Å². The molecule has 2 amide bonds. The van der Waals surface area contributed by atoms with Crippen molar-refractivity contribution in [3.8, 4) is 0 Å². The highest BCUT2D eigenvalue weighted by Gasteiger charge is 2.17. The minimum Gasteiger partial charge on any atom is -0.355 e. The molecule has 0 aliphatic rings. The fraction of sp³-hybridized carbons (Fsp3) is 0.333. The van der Waals surface area contributed by atoms with E-state index in [1.807, 2.05) is 0 Å². The largest absolute Gasteiger partial charge is 0.355 e. The molecular formula is C12H15N3O4. The van der Waals surface area contributed by atoms with Gasteiger partial charge < -0.3 is 10.6 Å². The maximum atomic E-state index is 11.8. The van der Waals surface area contributed by atoms with Crippen LogP contribution in [0, 0.1) is 10.1 Å². The van der Waals surface area contributed by atoms with Crippen LogP contribution < -0.4 is 10.6 Å². The maximum absolute atomic E-state index is 11.8. The zero-order valence-corrected chi connectivity index (χ0v) is 10.7. The summed E-state index contributed by atoms with van der Waals surface area (Å²) >= 11 is 0. The number of carbonyl (C=O) groups is 2. The molecule has 1 rings (SSSR count). The average Bonchev–Trinajstić information content (AvgIpc) is 2.39. The number of hydrogen-bond donors (Lipinski definition) is 2. The van der Waals surface area contributed by atoms with Crippen LogP contribution in [0.25, 0.3) is 0 Å². The van der Waals surface area contributed by atoms with Gasteiger partial charge in [0.05, 0.1) is 4.92 Å². The normalized spacial score (nSPS) is 11.5. The lowest BCUT2D eigenvalue weighted by molar-refractivity contribution is -0.384. The van der Waals surface area contributed by atoms with Crippen molar-refractivity contribution >= 4 is 17.5 Å². The van der Waals surface area contributed by atoms with Crippen LogP contribution in [0.4, 0.5) is 5.69 Å². The summed E-state index contributed by atoms with van der Waals surface area (Å²) in [5, 5.41) is 15.6. The molecule has 0 aromatic heterocycles. The van der Waals surface area contributed by atoms with Gasteiger partial charge >= 0.3 is 0 Å². The number of nitrogens with one attached hydrogen (secondary N) is 2.